The topological polar surface area (TPSA) is 67.9 Å². The third-order valence-electron chi connectivity index (χ3n) is 5.25. The zero-order valence-electron chi connectivity index (χ0n) is 17.3. The molecular weight excluding hydrogens is 380 g/mol. The first-order valence-corrected chi connectivity index (χ1v) is 10.6. The molecule has 1 heterocycles. The number of amides is 2. The van der Waals surface area contributed by atoms with Crippen molar-refractivity contribution in [2.24, 2.45) is 5.92 Å². The van der Waals surface area contributed by atoms with Crippen LogP contribution >= 0.6 is 0 Å². The van der Waals surface area contributed by atoms with Gasteiger partial charge in [-0.1, -0.05) is 48.5 Å². The van der Waals surface area contributed by atoms with E-state index in [2.05, 4.69) is 5.32 Å². The summed E-state index contributed by atoms with van der Waals surface area (Å²) in [5.41, 5.74) is 0.945. The lowest BCUT2D eigenvalue weighted by molar-refractivity contribution is -0.132. The molecule has 0 unspecified atom stereocenters. The first-order valence-electron chi connectivity index (χ1n) is 10.6. The van der Waals surface area contributed by atoms with Crippen LogP contribution in [0.2, 0.25) is 0 Å². The van der Waals surface area contributed by atoms with Gasteiger partial charge in [0.2, 0.25) is 5.91 Å². The van der Waals surface area contributed by atoms with Crippen molar-refractivity contribution in [2.45, 2.75) is 32.3 Å². The monoisotopic (exact) mass is 410 g/mol. The summed E-state index contributed by atoms with van der Waals surface area (Å²) in [6.07, 6.45) is 2.51. The minimum absolute atomic E-state index is 0.150. The predicted molar refractivity (Wildman–Crippen MR) is 115 cm³/mol. The number of nitrogens with one attached hydrogen (secondary N) is 1. The number of alkyl carbamates (subject to hydrolysis) is 1. The number of likely N-dealkylation sites (tertiary alicyclic amines) is 1. The summed E-state index contributed by atoms with van der Waals surface area (Å²) >= 11 is 0. The largest absolute Gasteiger partial charge is 0.493 e. The van der Waals surface area contributed by atoms with Gasteiger partial charge in [0.05, 0.1) is 6.61 Å². The molecule has 2 aromatic carbocycles. The van der Waals surface area contributed by atoms with Gasteiger partial charge in [0, 0.05) is 26.1 Å². The lowest BCUT2D eigenvalue weighted by atomic mass is 9.97. The highest BCUT2D eigenvalue weighted by atomic mass is 16.5. The summed E-state index contributed by atoms with van der Waals surface area (Å²) in [5.74, 6) is 1.53. The molecule has 1 saturated heterocycles. The number of hydrogen-bond acceptors (Lipinski definition) is 4. The Morgan fingerprint density at radius 3 is 2.33 bits per heavy atom. The highest BCUT2D eigenvalue weighted by Gasteiger charge is 2.22. The number of nitrogens with zero attached hydrogens (tertiary/aromatic N) is 1. The van der Waals surface area contributed by atoms with Crippen LogP contribution in [0, 0.1) is 5.92 Å². The number of benzene rings is 2. The van der Waals surface area contributed by atoms with Crippen molar-refractivity contribution in [3.05, 3.63) is 66.2 Å². The van der Waals surface area contributed by atoms with Crippen molar-refractivity contribution in [1.29, 1.82) is 0 Å². The molecule has 0 aliphatic carbocycles. The van der Waals surface area contributed by atoms with Gasteiger partial charge < -0.3 is 19.7 Å². The van der Waals surface area contributed by atoms with E-state index in [-0.39, 0.29) is 12.5 Å². The van der Waals surface area contributed by atoms with Gasteiger partial charge in [-0.15, -0.1) is 0 Å². The fraction of sp³-hybridized carbons (Fsp3) is 0.417. The molecule has 6 nitrogen and oxygen atoms in total. The number of carbonyl (C=O) groups excluding carboxylic acids is 2. The number of rotatable bonds is 9. The van der Waals surface area contributed by atoms with Crippen molar-refractivity contribution in [1.82, 2.24) is 10.2 Å². The van der Waals surface area contributed by atoms with E-state index in [1.54, 1.807) is 0 Å². The maximum absolute atomic E-state index is 12.4. The molecule has 30 heavy (non-hydrogen) atoms. The summed E-state index contributed by atoms with van der Waals surface area (Å²) in [5, 5.41) is 2.70. The average molecular weight is 411 g/mol. The van der Waals surface area contributed by atoms with Gasteiger partial charge >= 0.3 is 6.09 Å². The Morgan fingerprint density at radius 1 is 0.967 bits per heavy atom. The van der Waals surface area contributed by atoms with Crippen molar-refractivity contribution < 1.29 is 19.1 Å². The molecule has 6 heteroatoms. The summed E-state index contributed by atoms with van der Waals surface area (Å²) in [7, 11) is 0. The van der Waals surface area contributed by atoms with Crippen LogP contribution in [0.1, 0.15) is 31.2 Å². The van der Waals surface area contributed by atoms with E-state index < -0.39 is 6.09 Å². The van der Waals surface area contributed by atoms with Crippen LogP contribution in [0.5, 0.6) is 5.75 Å². The van der Waals surface area contributed by atoms with Gasteiger partial charge in [0.1, 0.15) is 12.4 Å². The first kappa shape index (κ1) is 21.7. The molecule has 0 aromatic heterocycles. The van der Waals surface area contributed by atoms with E-state index in [9.17, 15) is 9.59 Å². The molecule has 1 N–H and O–H groups in total. The molecular formula is C24H30N2O4. The zero-order chi connectivity index (χ0) is 21.0. The lowest BCUT2D eigenvalue weighted by Crippen LogP contribution is -2.40. The molecule has 2 amide bonds. The molecule has 0 spiro atoms. The Balaban J connectivity index is 1.24. The minimum atomic E-state index is -0.453. The van der Waals surface area contributed by atoms with E-state index in [0.717, 1.165) is 37.2 Å². The van der Waals surface area contributed by atoms with Crippen molar-refractivity contribution in [3.63, 3.8) is 0 Å². The van der Waals surface area contributed by atoms with Crippen LogP contribution in [0.4, 0.5) is 4.79 Å². The fourth-order valence-electron chi connectivity index (χ4n) is 3.44. The van der Waals surface area contributed by atoms with Crippen LogP contribution in [0.25, 0.3) is 0 Å². The minimum Gasteiger partial charge on any atom is -0.493 e. The number of para-hydroxylation sites is 1. The van der Waals surface area contributed by atoms with Gasteiger partial charge in [-0.3, -0.25) is 4.79 Å². The van der Waals surface area contributed by atoms with Crippen LogP contribution in [-0.4, -0.2) is 43.1 Å². The first-order chi connectivity index (χ1) is 14.7. The van der Waals surface area contributed by atoms with Crippen molar-refractivity contribution in [3.8, 4) is 5.75 Å². The molecule has 2 aromatic rings. The maximum atomic E-state index is 12.4. The lowest BCUT2D eigenvalue weighted by Gasteiger charge is -2.32. The fourth-order valence-corrected chi connectivity index (χ4v) is 3.44. The quantitative estimate of drug-likeness (QED) is 0.634. The van der Waals surface area contributed by atoms with Crippen molar-refractivity contribution in [2.75, 3.05) is 26.2 Å². The molecule has 0 saturated carbocycles. The van der Waals surface area contributed by atoms with Gasteiger partial charge in [-0.2, -0.15) is 0 Å². The summed E-state index contributed by atoms with van der Waals surface area (Å²) in [6, 6.07) is 19.4. The van der Waals surface area contributed by atoms with Crippen molar-refractivity contribution >= 4 is 12.0 Å². The molecule has 160 valence electrons. The maximum Gasteiger partial charge on any atom is 0.407 e. The van der Waals surface area contributed by atoms with E-state index >= 15 is 0 Å². The van der Waals surface area contributed by atoms with Gasteiger partial charge in [-0.05, 0) is 42.9 Å². The smallest absolute Gasteiger partial charge is 0.407 e. The number of carbonyl (C=O) groups is 2. The molecule has 0 radical (unpaired) electrons. The molecule has 0 atom stereocenters. The highest BCUT2D eigenvalue weighted by molar-refractivity contribution is 5.76. The van der Waals surface area contributed by atoms with Gasteiger partial charge in [0.25, 0.3) is 0 Å². The van der Waals surface area contributed by atoms with E-state index in [0.29, 0.717) is 31.9 Å². The third-order valence-corrected chi connectivity index (χ3v) is 5.25. The number of piperidine rings is 1. The summed E-state index contributed by atoms with van der Waals surface area (Å²) in [4.78, 5) is 26.0. The normalized spacial score (nSPS) is 14.2. The standard InChI is InChI=1S/C24H30N2O4/c27-23(12-7-15-25-24(28)30-19-20-8-3-1-4-9-20)26-16-13-21(14-17-26)18-29-22-10-5-2-6-11-22/h1-6,8-11,21H,7,12-19H2,(H,25,28). The Hall–Kier alpha value is -3.02. The Morgan fingerprint density at radius 2 is 1.63 bits per heavy atom. The Labute approximate surface area is 178 Å². The second-order valence-electron chi connectivity index (χ2n) is 7.54. The van der Waals surface area contributed by atoms with E-state index in [4.69, 9.17) is 9.47 Å². The second-order valence-corrected chi connectivity index (χ2v) is 7.54. The Kier molecular flexibility index (Phi) is 8.57. The Bertz CT molecular complexity index is 774. The van der Waals surface area contributed by atoms with Crippen LogP contribution < -0.4 is 10.1 Å². The van der Waals surface area contributed by atoms with E-state index in [1.165, 1.54) is 0 Å². The highest BCUT2D eigenvalue weighted by Crippen LogP contribution is 2.20. The van der Waals surface area contributed by atoms with Gasteiger partial charge in [0.15, 0.2) is 0 Å². The van der Waals surface area contributed by atoms with Crippen LogP contribution in [-0.2, 0) is 16.1 Å². The molecule has 0 bridgehead atoms. The molecule has 3 rings (SSSR count). The van der Waals surface area contributed by atoms with Gasteiger partial charge in [-0.25, -0.2) is 4.79 Å². The summed E-state index contributed by atoms with van der Waals surface area (Å²) in [6.45, 7) is 2.92. The molecule has 1 fully saturated rings. The van der Waals surface area contributed by atoms with Crippen LogP contribution in [0.15, 0.2) is 60.7 Å². The molecule has 1 aliphatic heterocycles. The number of hydrogen-bond donors (Lipinski definition) is 1. The molecule has 1 aliphatic rings. The summed E-state index contributed by atoms with van der Waals surface area (Å²) < 4.78 is 11.0. The predicted octanol–water partition coefficient (Wildman–Crippen LogP) is 4.01. The van der Waals surface area contributed by atoms with Crippen LogP contribution in [0.3, 0.4) is 0 Å². The zero-order valence-corrected chi connectivity index (χ0v) is 17.3. The van der Waals surface area contributed by atoms with E-state index in [1.807, 2.05) is 65.6 Å². The SMILES string of the molecule is O=C(NCCCC(=O)N1CCC(COc2ccccc2)CC1)OCc1ccccc1. The average Bonchev–Trinajstić information content (AvgIpc) is 2.80. The number of ether oxygens (including phenoxy) is 2. The third kappa shape index (κ3) is 7.43. The second kappa shape index (κ2) is 11.9.